The quantitative estimate of drug-likeness (QED) is 0.924. The number of fused-ring (bicyclic) bond motifs is 1. The van der Waals surface area contributed by atoms with Gasteiger partial charge in [0.1, 0.15) is 5.82 Å². The topological polar surface area (TPSA) is 49.0 Å². The first-order valence-corrected chi connectivity index (χ1v) is 7.54. The fourth-order valence-corrected chi connectivity index (χ4v) is 3.03. The standard InChI is InChI=1S/C15H15Cl2N3O/c1-9-18-13-5-6-20(8-11(13)15(21)19-9)7-10-3-2-4-12(16)14(10)17/h2-4H,5-8H2,1H3,(H,18,19,21). The van der Waals surface area contributed by atoms with Crippen LogP contribution in [0.25, 0.3) is 0 Å². The van der Waals surface area contributed by atoms with E-state index < -0.39 is 0 Å². The maximum absolute atomic E-state index is 12.0. The van der Waals surface area contributed by atoms with Gasteiger partial charge in [-0.25, -0.2) is 4.98 Å². The normalized spacial score (nSPS) is 15.0. The van der Waals surface area contributed by atoms with Crippen molar-refractivity contribution in [1.29, 1.82) is 0 Å². The first kappa shape index (κ1) is 14.6. The molecule has 4 nitrogen and oxygen atoms in total. The van der Waals surface area contributed by atoms with Gasteiger partial charge < -0.3 is 4.98 Å². The van der Waals surface area contributed by atoms with Crippen molar-refractivity contribution in [3.05, 3.63) is 61.2 Å². The number of aryl methyl sites for hydroxylation is 1. The molecule has 0 saturated heterocycles. The summed E-state index contributed by atoms with van der Waals surface area (Å²) in [5.41, 5.74) is 2.60. The van der Waals surface area contributed by atoms with Crippen molar-refractivity contribution in [2.75, 3.05) is 6.54 Å². The molecule has 6 heteroatoms. The summed E-state index contributed by atoms with van der Waals surface area (Å²) in [6.07, 6.45) is 0.776. The molecule has 21 heavy (non-hydrogen) atoms. The van der Waals surface area contributed by atoms with Crippen LogP contribution in [0.5, 0.6) is 0 Å². The van der Waals surface area contributed by atoms with Gasteiger partial charge in [-0.3, -0.25) is 9.69 Å². The molecule has 1 aliphatic rings. The molecule has 0 bridgehead atoms. The second-order valence-corrected chi connectivity index (χ2v) is 6.04. The van der Waals surface area contributed by atoms with Gasteiger partial charge in [0.25, 0.3) is 5.56 Å². The number of nitrogens with zero attached hydrogens (tertiary/aromatic N) is 2. The summed E-state index contributed by atoms with van der Waals surface area (Å²) in [5.74, 6) is 0.671. The molecule has 0 radical (unpaired) electrons. The van der Waals surface area contributed by atoms with Gasteiger partial charge in [-0.2, -0.15) is 0 Å². The monoisotopic (exact) mass is 323 g/mol. The lowest BCUT2D eigenvalue weighted by atomic mass is 10.1. The predicted molar refractivity (Wildman–Crippen MR) is 83.9 cm³/mol. The van der Waals surface area contributed by atoms with Gasteiger partial charge in [0.05, 0.1) is 21.3 Å². The number of hydrogen-bond donors (Lipinski definition) is 1. The van der Waals surface area contributed by atoms with Gasteiger partial charge in [0, 0.05) is 26.1 Å². The van der Waals surface area contributed by atoms with E-state index in [9.17, 15) is 4.79 Å². The molecular weight excluding hydrogens is 309 g/mol. The zero-order valence-electron chi connectivity index (χ0n) is 11.6. The number of H-pyrrole nitrogens is 1. The van der Waals surface area contributed by atoms with Crippen molar-refractivity contribution in [1.82, 2.24) is 14.9 Å². The number of aromatic amines is 1. The number of nitrogens with one attached hydrogen (secondary N) is 1. The molecule has 110 valence electrons. The van der Waals surface area contributed by atoms with E-state index in [1.807, 2.05) is 12.1 Å². The first-order chi connectivity index (χ1) is 10.0. The largest absolute Gasteiger partial charge is 0.310 e. The molecule has 1 aliphatic heterocycles. The van der Waals surface area contributed by atoms with Crippen LogP contribution in [0.2, 0.25) is 10.0 Å². The van der Waals surface area contributed by atoms with Crippen molar-refractivity contribution in [2.45, 2.75) is 26.4 Å². The van der Waals surface area contributed by atoms with E-state index in [2.05, 4.69) is 14.9 Å². The molecule has 0 unspecified atom stereocenters. The average Bonchev–Trinajstić information content (AvgIpc) is 2.44. The van der Waals surface area contributed by atoms with Gasteiger partial charge in [-0.1, -0.05) is 35.3 Å². The van der Waals surface area contributed by atoms with Crippen LogP contribution in [0.1, 0.15) is 22.6 Å². The molecule has 0 aliphatic carbocycles. The molecule has 0 spiro atoms. The molecule has 3 rings (SSSR count). The van der Waals surface area contributed by atoms with Crippen LogP contribution in [0.15, 0.2) is 23.0 Å². The highest BCUT2D eigenvalue weighted by Gasteiger charge is 2.21. The summed E-state index contributed by atoms with van der Waals surface area (Å²) in [6, 6.07) is 5.62. The molecule has 1 N–H and O–H groups in total. The maximum atomic E-state index is 12.0. The predicted octanol–water partition coefficient (Wildman–Crippen LogP) is 2.94. The maximum Gasteiger partial charge on any atom is 0.255 e. The third-order valence-electron chi connectivity index (χ3n) is 3.69. The van der Waals surface area contributed by atoms with Crippen LogP contribution in [0.3, 0.4) is 0 Å². The van der Waals surface area contributed by atoms with Gasteiger partial charge in [0.2, 0.25) is 0 Å². The Morgan fingerprint density at radius 2 is 2.19 bits per heavy atom. The van der Waals surface area contributed by atoms with E-state index in [-0.39, 0.29) is 5.56 Å². The lowest BCUT2D eigenvalue weighted by Gasteiger charge is -2.28. The Labute approximate surface area is 132 Å². The molecule has 0 atom stereocenters. The van der Waals surface area contributed by atoms with Crippen molar-refractivity contribution in [3.8, 4) is 0 Å². The molecule has 0 fully saturated rings. The Bertz CT molecular complexity index is 742. The Morgan fingerprint density at radius 1 is 1.38 bits per heavy atom. The number of benzene rings is 1. The van der Waals surface area contributed by atoms with Crippen LogP contribution < -0.4 is 5.56 Å². The molecule has 2 heterocycles. The van der Waals surface area contributed by atoms with Crippen LogP contribution in [-0.2, 0) is 19.5 Å². The number of halogens is 2. The summed E-state index contributed by atoms with van der Waals surface area (Å²) in [7, 11) is 0. The third-order valence-corrected chi connectivity index (χ3v) is 4.55. The first-order valence-electron chi connectivity index (χ1n) is 6.78. The smallest absolute Gasteiger partial charge is 0.255 e. The molecule has 0 saturated carbocycles. The zero-order chi connectivity index (χ0) is 15.0. The fourth-order valence-electron chi connectivity index (χ4n) is 2.65. The summed E-state index contributed by atoms with van der Waals surface area (Å²) >= 11 is 12.3. The molecule has 1 aromatic carbocycles. The van der Waals surface area contributed by atoms with Crippen molar-refractivity contribution >= 4 is 23.2 Å². The number of rotatable bonds is 2. The third kappa shape index (κ3) is 2.98. The molecule has 0 amide bonds. The second kappa shape index (κ2) is 5.79. The van der Waals surface area contributed by atoms with Crippen LogP contribution in [0, 0.1) is 6.92 Å². The van der Waals surface area contributed by atoms with Crippen LogP contribution in [-0.4, -0.2) is 21.4 Å². The second-order valence-electron chi connectivity index (χ2n) is 5.25. The Hall–Kier alpha value is -1.36. The zero-order valence-corrected chi connectivity index (χ0v) is 13.1. The number of aromatic nitrogens is 2. The Balaban J connectivity index is 1.84. The van der Waals surface area contributed by atoms with Crippen molar-refractivity contribution in [2.24, 2.45) is 0 Å². The molecule has 1 aromatic heterocycles. The average molecular weight is 324 g/mol. The highest BCUT2D eigenvalue weighted by Crippen LogP contribution is 2.27. The van der Waals surface area contributed by atoms with Crippen molar-refractivity contribution in [3.63, 3.8) is 0 Å². The lowest BCUT2D eigenvalue weighted by Crippen LogP contribution is -2.35. The minimum absolute atomic E-state index is 0.0422. The fraction of sp³-hybridized carbons (Fsp3) is 0.333. The van der Waals surface area contributed by atoms with Gasteiger partial charge in [-0.15, -0.1) is 0 Å². The van der Waals surface area contributed by atoms with Gasteiger partial charge in [-0.05, 0) is 18.6 Å². The molecule has 2 aromatic rings. The van der Waals surface area contributed by atoms with E-state index in [0.717, 1.165) is 29.8 Å². The molecular formula is C15H15Cl2N3O. The summed E-state index contributed by atoms with van der Waals surface area (Å²) in [5, 5.41) is 1.14. The van der Waals surface area contributed by atoms with Gasteiger partial charge in [0.15, 0.2) is 0 Å². The van der Waals surface area contributed by atoms with E-state index >= 15 is 0 Å². The highest BCUT2D eigenvalue weighted by molar-refractivity contribution is 6.42. The Kier molecular flexibility index (Phi) is 4.02. The minimum Gasteiger partial charge on any atom is -0.310 e. The van der Waals surface area contributed by atoms with Gasteiger partial charge >= 0.3 is 0 Å². The van der Waals surface area contributed by atoms with E-state index in [1.165, 1.54) is 0 Å². The number of hydrogen-bond acceptors (Lipinski definition) is 3. The van der Waals surface area contributed by atoms with E-state index in [4.69, 9.17) is 23.2 Å². The summed E-state index contributed by atoms with van der Waals surface area (Å²) < 4.78 is 0. The summed E-state index contributed by atoms with van der Waals surface area (Å²) in [6.45, 7) is 3.92. The van der Waals surface area contributed by atoms with E-state index in [0.29, 0.717) is 29.0 Å². The van der Waals surface area contributed by atoms with Crippen LogP contribution in [0.4, 0.5) is 0 Å². The Morgan fingerprint density at radius 3 is 3.00 bits per heavy atom. The van der Waals surface area contributed by atoms with E-state index in [1.54, 1.807) is 13.0 Å². The van der Waals surface area contributed by atoms with Crippen molar-refractivity contribution < 1.29 is 0 Å². The lowest BCUT2D eigenvalue weighted by molar-refractivity contribution is 0.241. The van der Waals surface area contributed by atoms with Crippen LogP contribution >= 0.6 is 23.2 Å². The minimum atomic E-state index is -0.0422. The highest BCUT2D eigenvalue weighted by atomic mass is 35.5. The SMILES string of the molecule is Cc1nc2c(c(=O)[nH]1)CN(Cc1cccc(Cl)c1Cl)CC2. The summed E-state index contributed by atoms with van der Waals surface area (Å²) in [4.78, 5) is 21.4.